The van der Waals surface area contributed by atoms with Crippen LogP contribution >= 0.6 is 0 Å². The zero-order chi connectivity index (χ0) is 22.4. The summed E-state index contributed by atoms with van der Waals surface area (Å²) in [6.07, 6.45) is 0. The molecule has 4 rings (SSSR count). The number of fused-ring (bicyclic) bond motifs is 1. The van der Waals surface area contributed by atoms with Crippen LogP contribution in [-0.4, -0.2) is 26.2 Å². The van der Waals surface area contributed by atoms with E-state index in [9.17, 15) is 13.2 Å². The molecule has 3 aromatic carbocycles. The van der Waals surface area contributed by atoms with Crippen molar-refractivity contribution in [1.29, 1.82) is 0 Å². The first-order valence-electron chi connectivity index (χ1n) is 9.52. The number of carbonyl (C=O) groups is 1. The van der Waals surface area contributed by atoms with Crippen LogP contribution in [0.15, 0.2) is 90.3 Å². The van der Waals surface area contributed by atoms with Crippen molar-refractivity contribution in [2.24, 2.45) is 0 Å². The third-order valence-corrected chi connectivity index (χ3v) is 7.11. The molecule has 1 atom stereocenters. The first kappa shape index (κ1) is 20.9. The molecule has 1 aliphatic heterocycles. The molecule has 158 valence electrons. The second-order valence-corrected chi connectivity index (χ2v) is 9.19. The number of halogens is 2. The van der Waals surface area contributed by atoms with Gasteiger partial charge >= 0.3 is 5.92 Å². The average molecular weight is 439 g/mol. The number of sulfonamides is 1. The molecule has 31 heavy (non-hydrogen) atoms. The third-order valence-electron chi connectivity index (χ3n) is 5.31. The minimum Gasteiger partial charge on any atom is -0.287 e. The number of benzene rings is 3. The summed E-state index contributed by atoms with van der Waals surface area (Å²) >= 11 is 0. The van der Waals surface area contributed by atoms with Gasteiger partial charge in [0.25, 0.3) is 10.0 Å². The number of alkyl halides is 2. The van der Waals surface area contributed by atoms with Crippen molar-refractivity contribution in [3.8, 4) is 0 Å². The number of aryl methyl sites for hydroxylation is 1. The van der Waals surface area contributed by atoms with Gasteiger partial charge in [-0.05, 0) is 30.7 Å². The van der Waals surface area contributed by atoms with Gasteiger partial charge in [0.15, 0.2) is 0 Å². The fraction of sp³-hybridized carbons (Fsp3) is 0.125. The van der Waals surface area contributed by atoms with Gasteiger partial charge in [-0.15, -0.1) is 0 Å². The number of Topliss-reactive ketones (excluding diaryl/α,β-unsaturated/α-hetero) is 1. The third kappa shape index (κ3) is 3.35. The predicted octanol–water partition coefficient (Wildman–Crippen LogP) is 5.10. The highest BCUT2D eigenvalue weighted by molar-refractivity contribution is 7.93. The fourth-order valence-electron chi connectivity index (χ4n) is 3.73. The summed E-state index contributed by atoms with van der Waals surface area (Å²) in [4.78, 5) is 12.6. The molecule has 1 aliphatic rings. The van der Waals surface area contributed by atoms with Gasteiger partial charge in [0.1, 0.15) is 6.04 Å². The van der Waals surface area contributed by atoms with Crippen LogP contribution < -0.4 is 4.31 Å². The number of ketones is 1. The molecule has 0 aliphatic carbocycles. The Kier molecular flexibility index (Phi) is 5.01. The number of hydrogen-bond acceptors (Lipinski definition) is 3. The Bertz CT molecular complexity index is 1270. The van der Waals surface area contributed by atoms with Crippen molar-refractivity contribution in [3.63, 3.8) is 0 Å². The summed E-state index contributed by atoms with van der Waals surface area (Å²) < 4.78 is 59.0. The average Bonchev–Trinajstić information content (AvgIpc) is 3.08. The van der Waals surface area contributed by atoms with E-state index in [0.29, 0.717) is 4.31 Å². The van der Waals surface area contributed by atoms with E-state index in [1.54, 1.807) is 37.3 Å². The monoisotopic (exact) mass is 439 g/mol. The molecule has 7 heteroatoms. The van der Waals surface area contributed by atoms with Gasteiger partial charge in [0.2, 0.25) is 5.78 Å². The molecule has 4 nitrogen and oxygen atoms in total. The standard InChI is InChI=1S/C24H19F2NO3S/c1-16-12-14-19(15-13-16)31(29,30)27-21-11-7-6-10-20(21)17(2)22(27)24(25,26)23(28)18-8-4-3-5-9-18/h3-15,22H,2H2,1H3/t22-/m0/s1. The number of anilines is 1. The Morgan fingerprint density at radius 3 is 2.16 bits per heavy atom. The number of carbonyl (C=O) groups excluding carboxylic acids is 1. The van der Waals surface area contributed by atoms with Crippen molar-refractivity contribution in [2.45, 2.75) is 23.8 Å². The summed E-state index contributed by atoms with van der Waals surface area (Å²) in [6, 6.07) is 17.1. The lowest BCUT2D eigenvalue weighted by Crippen LogP contribution is -2.52. The summed E-state index contributed by atoms with van der Waals surface area (Å²) in [5, 5.41) is 0. The molecule has 0 radical (unpaired) electrons. The van der Waals surface area contributed by atoms with Crippen LogP contribution in [0, 0.1) is 6.92 Å². The first-order chi connectivity index (χ1) is 14.7. The van der Waals surface area contributed by atoms with E-state index < -0.39 is 27.8 Å². The Labute approximate surface area is 179 Å². The van der Waals surface area contributed by atoms with Crippen LogP contribution in [0.3, 0.4) is 0 Å². The number of para-hydroxylation sites is 1. The lowest BCUT2D eigenvalue weighted by atomic mass is 9.94. The molecule has 0 fully saturated rings. The van der Waals surface area contributed by atoms with E-state index >= 15 is 8.78 Å². The van der Waals surface area contributed by atoms with Gasteiger partial charge in [-0.25, -0.2) is 8.42 Å². The maximum atomic E-state index is 15.7. The van der Waals surface area contributed by atoms with Crippen LogP contribution in [-0.2, 0) is 10.0 Å². The molecule has 0 aromatic heterocycles. The summed E-state index contributed by atoms with van der Waals surface area (Å²) in [7, 11) is -4.41. The molecule has 0 N–H and O–H groups in total. The molecule has 0 bridgehead atoms. The van der Waals surface area contributed by atoms with E-state index in [1.165, 1.54) is 48.5 Å². The molecule has 0 amide bonds. The lowest BCUT2D eigenvalue weighted by molar-refractivity contribution is 0.00622. The van der Waals surface area contributed by atoms with E-state index in [2.05, 4.69) is 6.58 Å². The van der Waals surface area contributed by atoms with Crippen molar-refractivity contribution in [1.82, 2.24) is 0 Å². The van der Waals surface area contributed by atoms with Crippen molar-refractivity contribution < 1.29 is 22.0 Å². The van der Waals surface area contributed by atoms with Crippen LogP contribution in [0.25, 0.3) is 5.57 Å². The second-order valence-electron chi connectivity index (χ2n) is 7.38. The number of hydrogen-bond donors (Lipinski definition) is 0. The van der Waals surface area contributed by atoms with Gasteiger partial charge in [-0.2, -0.15) is 8.78 Å². The molecule has 3 aromatic rings. The zero-order valence-corrected chi connectivity index (χ0v) is 17.4. The zero-order valence-electron chi connectivity index (χ0n) is 16.6. The summed E-state index contributed by atoms with van der Waals surface area (Å²) in [6.45, 7) is 5.54. The van der Waals surface area contributed by atoms with Crippen molar-refractivity contribution in [2.75, 3.05) is 4.31 Å². The molecule has 0 saturated carbocycles. The summed E-state index contributed by atoms with van der Waals surface area (Å²) in [5.74, 6) is -5.51. The van der Waals surface area contributed by atoms with Gasteiger partial charge < -0.3 is 0 Å². The smallest absolute Gasteiger partial charge is 0.287 e. The van der Waals surface area contributed by atoms with Gasteiger partial charge in [0, 0.05) is 11.1 Å². The first-order valence-corrected chi connectivity index (χ1v) is 11.0. The maximum absolute atomic E-state index is 15.7. The van der Waals surface area contributed by atoms with Crippen molar-refractivity contribution in [3.05, 3.63) is 102 Å². The second kappa shape index (κ2) is 7.42. The molecular formula is C24H19F2NO3S. The molecular weight excluding hydrogens is 420 g/mol. The molecule has 1 heterocycles. The number of rotatable bonds is 5. The topological polar surface area (TPSA) is 54.5 Å². The van der Waals surface area contributed by atoms with E-state index in [1.807, 2.05) is 0 Å². The van der Waals surface area contributed by atoms with Crippen molar-refractivity contribution >= 4 is 27.1 Å². The minimum atomic E-state index is -4.41. The highest BCUT2D eigenvalue weighted by Gasteiger charge is 2.58. The largest absolute Gasteiger partial charge is 0.334 e. The Balaban J connectivity index is 1.89. The minimum absolute atomic E-state index is 0.0682. The van der Waals surface area contributed by atoms with Crippen LogP contribution in [0.5, 0.6) is 0 Å². The number of nitrogens with zero attached hydrogens (tertiary/aromatic N) is 1. The van der Waals surface area contributed by atoms with E-state index in [0.717, 1.165) is 5.56 Å². The molecule has 0 saturated heterocycles. The Morgan fingerprint density at radius 2 is 1.52 bits per heavy atom. The highest BCUT2D eigenvalue weighted by Crippen LogP contribution is 2.48. The van der Waals surface area contributed by atoms with E-state index in [4.69, 9.17) is 0 Å². The molecule has 0 spiro atoms. The summed E-state index contributed by atoms with van der Waals surface area (Å²) in [5.41, 5.74) is 0.832. The fourth-order valence-corrected chi connectivity index (χ4v) is 5.39. The van der Waals surface area contributed by atoms with Crippen LogP contribution in [0.2, 0.25) is 0 Å². The van der Waals surface area contributed by atoms with E-state index in [-0.39, 0.29) is 27.3 Å². The SMILES string of the molecule is C=C1c2ccccc2N(S(=O)(=O)c2ccc(C)cc2)[C@@H]1C(F)(F)C(=O)c1ccccc1. The van der Waals surface area contributed by atoms with Crippen LogP contribution in [0.1, 0.15) is 21.5 Å². The normalized spacial score (nSPS) is 16.3. The van der Waals surface area contributed by atoms with Gasteiger partial charge in [0.05, 0.1) is 10.6 Å². The van der Waals surface area contributed by atoms with Gasteiger partial charge in [-0.3, -0.25) is 9.10 Å². The van der Waals surface area contributed by atoms with Gasteiger partial charge in [-0.1, -0.05) is 72.8 Å². The molecule has 0 unspecified atom stereocenters. The maximum Gasteiger partial charge on any atom is 0.334 e. The quantitative estimate of drug-likeness (QED) is 0.520. The lowest BCUT2D eigenvalue weighted by Gasteiger charge is -2.32. The Morgan fingerprint density at radius 1 is 0.935 bits per heavy atom. The predicted molar refractivity (Wildman–Crippen MR) is 116 cm³/mol. The Hall–Kier alpha value is -3.32. The van der Waals surface area contributed by atoms with Crippen LogP contribution in [0.4, 0.5) is 14.5 Å². The highest BCUT2D eigenvalue weighted by atomic mass is 32.2.